The third-order valence-electron chi connectivity index (χ3n) is 2.17. The number of alkyl halides is 1. The smallest absolute Gasteiger partial charge is 0.229 e. The van der Waals surface area contributed by atoms with E-state index in [0.29, 0.717) is 11.8 Å². The van der Waals surface area contributed by atoms with E-state index >= 15 is 0 Å². The topological polar surface area (TPSA) is 20.3 Å². The molecule has 0 atom stereocenters. The van der Waals surface area contributed by atoms with Crippen molar-refractivity contribution in [2.75, 3.05) is 19.0 Å². The summed E-state index contributed by atoms with van der Waals surface area (Å²) in [6, 6.07) is 0. The molecule has 0 saturated carbocycles. The van der Waals surface area contributed by atoms with Crippen molar-refractivity contribution < 1.29 is 4.79 Å². The molecule has 0 saturated heterocycles. The Labute approximate surface area is 92.6 Å². The Morgan fingerprint density at radius 1 is 1.43 bits per heavy atom. The van der Waals surface area contributed by atoms with Gasteiger partial charge < -0.3 is 4.90 Å². The minimum atomic E-state index is -0.438. The van der Waals surface area contributed by atoms with Gasteiger partial charge in [0, 0.05) is 19.0 Å². The van der Waals surface area contributed by atoms with Gasteiger partial charge in [0.15, 0.2) is 0 Å². The highest BCUT2D eigenvalue weighted by atomic mass is 35.5. The first-order valence-corrected chi connectivity index (χ1v) is 5.74. The number of carbonyl (C=O) groups excluding carboxylic acids is 1. The van der Waals surface area contributed by atoms with Crippen LogP contribution in [0.5, 0.6) is 0 Å². The second-order valence-electron chi connectivity index (χ2n) is 4.76. The number of nitrogens with zero attached hydrogens (tertiary/aromatic N) is 1. The molecule has 0 aliphatic rings. The number of amides is 1. The van der Waals surface area contributed by atoms with E-state index in [9.17, 15) is 4.79 Å². The molecule has 0 bridgehead atoms. The van der Waals surface area contributed by atoms with Crippen molar-refractivity contribution in [1.82, 2.24) is 4.90 Å². The summed E-state index contributed by atoms with van der Waals surface area (Å²) >= 11 is 5.78. The molecular formula is C11H22ClNO. The van der Waals surface area contributed by atoms with Crippen molar-refractivity contribution in [3.05, 3.63) is 0 Å². The van der Waals surface area contributed by atoms with Gasteiger partial charge in [-0.05, 0) is 26.7 Å². The van der Waals surface area contributed by atoms with Crippen LogP contribution in [0.1, 0.15) is 34.6 Å². The Hall–Kier alpha value is -0.240. The van der Waals surface area contributed by atoms with E-state index < -0.39 is 5.41 Å². The molecule has 0 unspecified atom stereocenters. The lowest BCUT2D eigenvalue weighted by molar-refractivity contribution is -0.139. The van der Waals surface area contributed by atoms with Gasteiger partial charge in [-0.3, -0.25) is 4.79 Å². The molecule has 1 amide bonds. The maximum Gasteiger partial charge on any atom is 0.229 e. The van der Waals surface area contributed by atoms with Gasteiger partial charge >= 0.3 is 0 Å². The summed E-state index contributed by atoms with van der Waals surface area (Å²) in [7, 11) is 0. The Morgan fingerprint density at radius 3 is 2.21 bits per heavy atom. The van der Waals surface area contributed by atoms with Crippen molar-refractivity contribution in [3.8, 4) is 0 Å². The van der Waals surface area contributed by atoms with Crippen LogP contribution in [0.3, 0.4) is 0 Å². The monoisotopic (exact) mass is 219 g/mol. The van der Waals surface area contributed by atoms with Crippen LogP contribution < -0.4 is 0 Å². The molecule has 0 aliphatic heterocycles. The minimum Gasteiger partial charge on any atom is -0.342 e. The fraction of sp³-hybridized carbons (Fsp3) is 0.909. The standard InChI is InChI=1S/C11H22ClNO/c1-6-13(7-9(2)3)10(14)11(4,5)8-12/h9H,6-8H2,1-5H3. The van der Waals surface area contributed by atoms with Crippen molar-refractivity contribution in [2.45, 2.75) is 34.6 Å². The fourth-order valence-corrected chi connectivity index (χ4v) is 1.40. The molecule has 0 aromatic carbocycles. The van der Waals surface area contributed by atoms with Crippen LogP contribution in [0.15, 0.2) is 0 Å². The first-order valence-electron chi connectivity index (χ1n) is 5.20. The zero-order valence-corrected chi connectivity index (χ0v) is 10.7. The molecule has 84 valence electrons. The second kappa shape index (κ2) is 5.59. The van der Waals surface area contributed by atoms with Gasteiger partial charge in [0.25, 0.3) is 0 Å². The lowest BCUT2D eigenvalue weighted by Crippen LogP contribution is -2.43. The van der Waals surface area contributed by atoms with Crippen LogP contribution >= 0.6 is 11.6 Å². The van der Waals surface area contributed by atoms with Crippen LogP contribution in [0.25, 0.3) is 0 Å². The van der Waals surface area contributed by atoms with Crippen molar-refractivity contribution in [2.24, 2.45) is 11.3 Å². The van der Waals surface area contributed by atoms with Crippen LogP contribution in [-0.4, -0.2) is 29.8 Å². The van der Waals surface area contributed by atoms with Crippen LogP contribution in [-0.2, 0) is 4.79 Å². The fourth-order valence-electron chi connectivity index (χ4n) is 1.28. The molecule has 0 fully saturated rings. The van der Waals surface area contributed by atoms with E-state index in [-0.39, 0.29) is 5.91 Å². The van der Waals surface area contributed by atoms with Gasteiger partial charge in [0.1, 0.15) is 0 Å². The SMILES string of the molecule is CCN(CC(C)C)C(=O)C(C)(C)CCl. The van der Waals surface area contributed by atoms with Crippen LogP contribution in [0, 0.1) is 11.3 Å². The highest BCUT2D eigenvalue weighted by Gasteiger charge is 2.30. The van der Waals surface area contributed by atoms with Crippen LogP contribution in [0.4, 0.5) is 0 Å². The molecule has 14 heavy (non-hydrogen) atoms. The molecule has 2 nitrogen and oxygen atoms in total. The molecular weight excluding hydrogens is 198 g/mol. The van der Waals surface area contributed by atoms with Gasteiger partial charge in [-0.1, -0.05) is 13.8 Å². The molecule has 0 rings (SSSR count). The minimum absolute atomic E-state index is 0.156. The molecule has 0 heterocycles. The van der Waals surface area contributed by atoms with Crippen molar-refractivity contribution >= 4 is 17.5 Å². The second-order valence-corrected chi connectivity index (χ2v) is 5.02. The summed E-state index contributed by atoms with van der Waals surface area (Å²) in [4.78, 5) is 13.9. The van der Waals surface area contributed by atoms with E-state index in [1.807, 2.05) is 25.7 Å². The van der Waals surface area contributed by atoms with Gasteiger partial charge in [0.05, 0.1) is 5.41 Å². The third-order valence-corrected chi connectivity index (χ3v) is 2.84. The van der Waals surface area contributed by atoms with Gasteiger partial charge in [-0.2, -0.15) is 0 Å². The maximum atomic E-state index is 12.0. The molecule has 0 aliphatic carbocycles. The van der Waals surface area contributed by atoms with E-state index in [2.05, 4.69) is 13.8 Å². The van der Waals surface area contributed by atoms with E-state index in [1.54, 1.807) is 0 Å². The average molecular weight is 220 g/mol. The molecule has 0 radical (unpaired) electrons. The summed E-state index contributed by atoms with van der Waals surface area (Å²) in [5, 5.41) is 0. The summed E-state index contributed by atoms with van der Waals surface area (Å²) < 4.78 is 0. The molecule has 0 aromatic heterocycles. The maximum absolute atomic E-state index is 12.0. The summed E-state index contributed by atoms with van der Waals surface area (Å²) in [5.41, 5.74) is -0.438. The molecule has 0 spiro atoms. The lowest BCUT2D eigenvalue weighted by atomic mass is 9.94. The molecule has 3 heteroatoms. The van der Waals surface area contributed by atoms with Gasteiger partial charge in [-0.25, -0.2) is 0 Å². The quantitative estimate of drug-likeness (QED) is 0.652. The van der Waals surface area contributed by atoms with E-state index in [4.69, 9.17) is 11.6 Å². The molecule has 0 N–H and O–H groups in total. The highest BCUT2D eigenvalue weighted by Crippen LogP contribution is 2.21. The zero-order valence-electron chi connectivity index (χ0n) is 9.93. The number of hydrogen-bond donors (Lipinski definition) is 0. The molecule has 0 aromatic rings. The average Bonchev–Trinajstić information content (AvgIpc) is 2.12. The third kappa shape index (κ3) is 3.87. The Balaban J connectivity index is 4.46. The highest BCUT2D eigenvalue weighted by molar-refractivity contribution is 6.19. The van der Waals surface area contributed by atoms with E-state index in [1.165, 1.54) is 0 Å². The van der Waals surface area contributed by atoms with Crippen molar-refractivity contribution in [1.29, 1.82) is 0 Å². The zero-order chi connectivity index (χ0) is 11.4. The normalized spacial score (nSPS) is 11.9. The largest absolute Gasteiger partial charge is 0.342 e. The number of carbonyl (C=O) groups is 1. The van der Waals surface area contributed by atoms with Gasteiger partial charge in [-0.15, -0.1) is 11.6 Å². The Morgan fingerprint density at radius 2 is 1.93 bits per heavy atom. The summed E-state index contributed by atoms with van der Waals surface area (Å²) in [6.45, 7) is 11.6. The van der Waals surface area contributed by atoms with E-state index in [0.717, 1.165) is 13.1 Å². The Bertz CT molecular complexity index is 190. The first-order chi connectivity index (χ1) is 6.35. The Kier molecular flexibility index (Phi) is 5.50. The van der Waals surface area contributed by atoms with Crippen LogP contribution in [0.2, 0.25) is 0 Å². The first kappa shape index (κ1) is 13.8. The number of rotatable bonds is 5. The predicted molar refractivity (Wildman–Crippen MR) is 61.6 cm³/mol. The van der Waals surface area contributed by atoms with Gasteiger partial charge in [0.2, 0.25) is 5.91 Å². The predicted octanol–water partition coefficient (Wildman–Crippen LogP) is 2.76. The van der Waals surface area contributed by atoms with Crippen molar-refractivity contribution in [3.63, 3.8) is 0 Å². The number of hydrogen-bond acceptors (Lipinski definition) is 1. The summed E-state index contributed by atoms with van der Waals surface area (Å²) in [6.07, 6.45) is 0. The summed E-state index contributed by atoms with van der Waals surface area (Å²) in [5.74, 6) is 1.04. The lowest BCUT2D eigenvalue weighted by Gasteiger charge is -2.31. The number of halogens is 1.